The molecule has 0 unspecified atom stereocenters. The number of benzene rings is 1. The summed E-state index contributed by atoms with van der Waals surface area (Å²) in [6.45, 7) is 3.52. The molecule has 0 radical (unpaired) electrons. The highest BCUT2D eigenvalue weighted by atomic mass is 32.2. The molecule has 0 bridgehead atoms. The van der Waals surface area contributed by atoms with Crippen molar-refractivity contribution < 1.29 is 9.53 Å². The molecule has 4 heterocycles. The highest BCUT2D eigenvalue weighted by Gasteiger charge is 2.17. The number of aromatic nitrogens is 4. The van der Waals surface area contributed by atoms with E-state index in [1.165, 1.54) is 28.7 Å². The Bertz CT molecular complexity index is 1220. The number of thiophene rings is 1. The number of nitrogens with zero attached hydrogens (tertiary/aromatic N) is 4. The van der Waals surface area contributed by atoms with E-state index in [0.717, 1.165) is 52.4 Å². The minimum Gasteiger partial charge on any atom is -0.493 e. The fourth-order valence-corrected chi connectivity index (χ4v) is 5.62. The number of anilines is 1. The van der Waals surface area contributed by atoms with Gasteiger partial charge in [-0.05, 0) is 42.1 Å². The van der Waals surface area contributed by atoms with Gasteiger partial charge in [0.1, 0.15) is 5.75 Å². The SMILES string of the molecule is CCn1c(SCC(=O)Nc2nc(-c3ccc4c(c3)CCO4)cs2)nnc1-c1cccs1. The Kier molecular flexibility index (Phi) is 5.75. The van der Waals surface area contributed by atoms with Crippen LogP contribution in [0.3, 0.4) is 0 Å². The normalized spacial score (nSPS) is 12.5. The van der Waals surface area contributed by atoms with Crippen molar-refractivity contribution in [1.29, 1.82) is 0 Å². The second-order valence-corrected chi connectivity index (χ2v) is 9.57. The van der Waals surface area contributed by atoms with Crippen LogP contribution in [0.25, 0.3) is 22.0 Å². The van der Waals surface area contributed by atoms with Crippen molar-refractivity contribution >= 4 is 45.5 Å². The van der Waals surface area contributed by atoms with Gasteiger partial charge in [-0.25, -0.2) is 4.98 Å². The lowest BCUT2D eigenvalue weighted by Crippen LogP contribution is -2.14. The molecule has 0 saturated heterocycles. The molecule has 5 rings (SSSR count). The molecule has 158 valence electrons. The Balaban J connectivity index is 1.22. The van der Waals surface area contributed by atoms with Crippen LogP contribution in [0.2, 0.25) is 0 Å². The number of ether oxygens (including phenoxy) is 1. The van der Waals surface area contributed by atoms with Gasteiger partial charge >= 0.3 is 0 Å². The zero-order valence-corrected chi connectivity index (χ0v) is 19.1. The van der Waals surface area contributed by atoms with E-state index in [1.807, 2.05) is 46.5 Å². The largest absolute Gasteiger partial charge is 0.493 e. The summed E-state index contributed by atoms with van der Waals surface area (Å²) in [6, 6.07) is 10.1. The predicted molar refractivity (Wildman–Crippen MR) is 125 cm³/mol. The minimum atomic E-state index is -0.114. The van der Waals surface area contributed by atoms with E-state index in [0.29, 0.717) is 5.13 Å². The summed E-state index contributed by atoms with van der Waals surface area (Å²) in [5.74, 6) is 1.92. The number of hydrogen-bond donors (Lipinski definition) is 1. The van der Waals surface area contributed by atoms with Gasteiger partial charge < -0.3 is 14.6 Å². The fraction of sp³-hybridized carbons (Fsp3) is 0.238. The Hall–Kier alpha value is -2.69. The Labute approximate surface area is 191 Å². The molecule has 10 heteroatoms. The van der Waals surface area contributed by atoms with Crippen molar-refractivity contribution in [2.45, 2.75) is 25.0 Å². The molecule has 0 saturated carbocycles. The monoisotopic (exact) mass is 469 g/mol. The summed E-state index contributed by atoms with van der Waals surface area (Å²) in [6.07, 6.45) is 0.921. The molecule has 1 aromatic carbocycles. The third kappa shape index (κ3) is 4.23. The van der Waals surface area contributed by atoms with Crippen LogP contribution in [0.4, 0.5) is 5.13 Å². The van der Waals surface area contributed by atoms with Crippen molar-refractivity contribution in [1.82, 2.24) is 19.7 Å². The maximum Gasteiger partial charge on any atom is 0.236 e. The lowest BCUT2D eigenvalue weighted by Gasteiger charge is -2.06. The molecule has 0 atom stereocenters. The zero-order valence-electron chi connectivity index (χ0n) is 16.7. The summed E-state index contributed by atoms with van der Waals surface area (Å²) >= 11 is 4.43. The van der Waals surface area contributed by atoms with E-state index in [9.17, 15) is 4.79 Å². The predicted octanol–water partition coefficient (Wildman–Crippen LogP) is 4.82. The Morgan fingerprint density at radius 3 is 3.06 bits per heavy atom. The highest BCUT2D eigenvalue weighted by Crippen LogP contribution is 2.32. The quantitative estimate of drug-likeness (QED) is 0.391. The number of thioether (sulfide) groups is 1. The van der Waals surface area contributed by atoms with Crippen LogP contribution in [0.15, 0.2) is 46.2 Å². The molecule has 0 spiro atoms. The number of carbonyl (C=O) groups is 1. The number of carbonyl (C=O) groups excluding carboxylic acids is 1. The van der Waals surface area contributed by atoms with Gasteiger partial charge in [0, 0.05) is 23.9 Å². The summed E-state index contributed by atoms with van der Waals surface area (Å²) in [5, 5.41) is 16.8. The maximum atomic E-state index is 12.5. The van der Waals surface area contributed by atoms with Crippen LogP contribution in [0, 0.1) is 0 Å². The standard InChI is InChI=1S/C21H19N5O2S3/c1-2-26-19(17-4-3-9-29-17)24-25-21(26)31-12-18(27)23-20-22-15(11-30-20)13-5-6-16-14(10-13)7-8-28-16/h3-6,9-11H,2,7-8,12H2,1H3,(H,22,23,27). The fourth-order valence-electron chi connectivity index (χ4n) is 3.36. The first-order valence-electron chi connectivity index (χ1n) is 9.82. The molecular weight excluding hydrogens is 450 g/mol. The number of nitrogens with one attached hydrogen (secondary N) is 1. The van der Waals surface area contributed by atoms with Crippen molar-refractivity contribution in [2.24, 2.45) is 0 Å². The second kappa shape index (κ2) is 8.81. The van der Waals surface area contributed by atoms with Gasteiger partial charge in [-0.1, -0.05) is 17.8 Å². The molecule has 1 N–H and O–H groups in total. The first-order valence-corrected chi connectivity index (χ1v) is 12.6. The molecule has 0 fully saturated rings. The average Bonchev–Trinajstić information content (AvgIpc) is 3.58. The van der Waals surface area contributed by atoms with Crippen LogP contribution < -0.4 is 10.1 Å². The van der Waals surface area contributed by atoms with Crippen LogP contribution in [-0.4, -0.2) is 38.0 Å². The van der Waals surface area contributed by atoms with Crippen LogP contribution in [0.1, 0.15) is 12.5 Å². The molecule has 1 aliphatic rings. The van der Waals surface area contributed by atoms with Crippen molar-refractivity contribution in [3.63, 3.8) is 0 Å². The Morgan fingerprint density at radius 1 is 1.29 bits per heavy atom. The van der Waals surface area contributed by atoms with E-state index in [4.69, 9.17) is 4.74 Å². The first-order chi connectivity index (χ1) is 15.2. The van der Waals surface area contributed by atoms with Gasteiger partial charge in [0.25, 0.3) is 0 Å². The third-order valence-corrected chi connectivity index (χ3v) is 7.43. The van der Waals surface area contributed by atoms with Crippen molar-refractivity contribution in [2.75, 3.05) is 17.7 Å². The average molecular weight is 470 g/mol. The van der Waals surface area contributed by atoms with Gasteiger partial charge in [-0.2, -0.15) is 0 Å². The lowest BCUT2D eigenvalue weighted by atomic mass is 10.1. The van der Waals surface area contributed by atoms with Gasteiger partial charge in [0.15, 0.2) is 16.1 Å². The zero-order chi connectivity index (χ0) is 21.2. The molecular formula is C21H19N5O2S3. The van der Waals surface area contributed by atoms with Crippen molar-refractivity contribution in [3.8, 4) is 27.7 Å². The molecule has 4 aromatic rings. The number of hydrogen-bond acceptors (Lipinski definition) is 8. The number of rotatable bonds is 7. The third-order valence-electron chi connectivity index (χ3n) is 4.84. The summed E-state index contributed by atoms with van der Waals surface area (Å²) in [7, 11) is 0. The van der Waals surface area contributed by atoms with Crippen molar-refractivity contribution in [3.05, 3.63) is 46.7 Å². The summed E-state index contributed by atoms with van der Waals surface area (Å²) in [5.41, 5.74) is 3.09. The van der Waals surface area contributed by atoms with Crippen LogP contribution in [-0.2, 0) is 17.8 Å². The molecule has 3 aromatic heterocycles. The molecule has 0 aliphatic carbocycles. The summed E-state index contributed by atoms with van der Waals surface area (Å²) < 4.78 is 7.59. The van der Waals surface area contributed by atoms with E-state index in [1.54, 1.807) is 11.3 Å². The molecule has 7 nitrogen and oxygen atoms in total. The van der Waals surface area contributed by atoms with Crippen LogP contribution in [0.5, 0.6) is 5.75 Å². The molecule has 31 heavy (non-hydrogen) atoms. The molecule has 1 amide bonds. The van der Waals surface area contributed by atoms with Gasteiger partial charge in [-0.15, -0.1) is 32.9 Å². The highest BCUT2D eigenvalue weighted by molar-refractivity contribution is 7.99. The lowest BCUT2D eigenvalue weighted by molar-refractivity contribution is -0.113. The topological polar surface area (TPSA) is 81.9 Å². The molecule has 1 aliphatic heterocycles. The first kappa shape index (κ1) is 20.2. The Morgan fingerprint density at radius 2 is 2.23 bits per heavy atom. The van der Waals surface area contributed by atoms with Crippen LogP contribution >= 0.6 is 34.4 Å². The van der Waals surface area contributed by atoms with E-state index >= 15 is 0 Å². The van der Waals surface area contributed by atoms with Gasteiger partial charge in [0.05, 0.1) is 22.9 Å². The van der Waals surface area contributed by atoms with Gasteiger partial charge in [-0.3, -0.25) is 4.79 Å². The van der Waals surface area contributed by atoms with Gasteiger partial charge in [0.2, 0.25) is 5.91 Å². The maximum absolute atomic E-state index is 12.5. The van der Waals surface area contributed by atoms with E-state index in [-0.39, 0.29) is 11.7 Å². The smallest absolute Gasteiger partial charge is 0.236 e. The number of fused-ring (bicyclic) bond motifs is 1. The van der Waals surface area contributed by atoms with E-state index in [2.05, 4.69) is 26.6 Å². The summed E-state index contributed by atoms with van der Waals surface area (Å²) in [4.78, 5) is 18.1. The minimum absolute atomic E-state index is 0.114. The number of amides is 1. The second-order valence-electron chi connectivity index (χ2n) is 6.82. The van der Waals surface area contributed by atoms with E-state index < -0.39 is 0 Å². The number of thiazole rings is 1.